The summed E-state index contributed by atoms with van der Waals surface area (Å²) in [4.78, 5) is 13.8. The van der Waals surface area contributed by atoms with Crippen LogP contribution in [0.15, 0.2) is 28.6 Å². The first-order valence-electron chi connectivity index (χ1n) is 9.72. The van der Waals surface area contributed by atoms with Gasteiger partial charge in [-0.3, -0.25) is 9.52 Å². The minimum absolute atomic E-state index is 0.0616. The number of aromatic nitrogens is 1. The van der Waals surface area contributed by atoms with Crippen LogP contribution in [0, 0.1) is 17.7 Å². The van der Waals surface area contributed by atoms with Crippen LogP contribution in [-0.4, -0.2) is 60.4 Å². The zero-order valence-electron chi connectivity index (χ0n) is 17.5. The molecule has 0 saturated heterocycles. The molecule has 8 nitrogen and oxygen atoms in total. The van der Waals surface area contributed by atoms with E-state index in [1.807, 2.05) is 14.1 Å². The lowest BCUT2D eigenvalue weighted by molar-refractivity contribution is -0.122. The maximum Gasteiger partial charge on any atom is 0.290 e. The highest BCUT2D eigenvalue weighted by Gasteiger charge is 2.66. The van der Waals surface area contributed by atoms with Gasteiger partial charge in [-0.1, -0.05) is 11.6 Å². The molecule has 0 radical (unpaired) electrons. The van der Waals surface area contributed by atoms with E-state index in [9.17, 15) is 12.8 Å². The minimum atomic E-state index is -4.16. The molecule has 182 valence electrons. The zero-order valence-corrected chi connectivity index (χ0v) is 21.4. The maximum atomic E-state index is 14.8. The lowest BCUT2D eigenvalue weighted by atomic mass is 9.89. The molecule has 2 saturated carbocycles. The predicted octanol–water partition coefficient (Wildman–Crippen LogP) is 4.36. The van der Waals surface area contributed by atoms with Crippen molar-refractivity contribution < 1.29 is 22.7 Å². The molecule has 2 fully saturated rings. The monoisotopic (exact) mass is 558 g/mol. The fourth-order valence-corrected chi connectivity index (χ4v) is 7.17. The lowest BCUT2D eigenvalue weighted by Crippen LogP contribution is -2.46. The van der Waals surface area contributed by atoms with Crippen molar-refractivity contribution in [1.29, 1.82) is 0 Å². The third-order valence-corrected chi connectivity index (χ3v) is 9.41. The molecular formula is C19H22Cl3FN4O4S2. The van der Waals surface area contributed by atoms with Crippen molar-refractivity contribution in [3.05, 3.63) is 34.5 Å². The molecule has 0 unspecified atom stereocenters. The number of nitrogens with zero attached hydrogens (tertiary/aromatic N) is 2. The van der Waals surface area contributed by atoms with Crippen LogP contribution in [-0.2, 0) is 14.8 Å². The van der Waals surface area contributed by atoms with Crippen molar-refractivity contribution in [2.45, 2.75) is 34.2 Å². The Labute approximate surface area is 210 Å². The second-order valence-corrected chi connectivity index (χ2v) is 12.3. The number of likely N-dealkylation sites (N-methyl/N-ethyl adjacent to an activating group) is 1. The third kappa shape index (κ3) is 5.66. The SMILES string of the molecule is CN(C)[C@H]1C[C@@H]2[C@H](C[C@@H]1Nc1cc(F)c(S(=O)(=O)Nc3nccs3)cc1Cl)C2(Cl)Cl.O=CO. The number of hydrogen-bond acceptors (Lipinski definition) is 7. The van der Waals surface area contributed by atoms with E-state index in [4.69, 9.17) is 44.7 Å². The number of rotatable bonds is 6. The number of nitrogens with one attached hydrogen (secondary N) is 2. The zero-order chi connectivity index (χ0) is 24.6. The molecule has 2 aliphatic carbocycles. The molecule has 4 rings (SSSR count). The summed E-state index contributed by atoms with van der Waals surface area (Å²) in [5.74, 6) is -0.500. The normalized spacial score (nSPS) is 25.4. The number of sulfonamides is 1. The van der Waals surface area contributed by atoms with E-state index >= 15 is 0 Å². The van der Waals surface area contributed by atoms with Crippen LogP contribution in [0.25, 0.3) is 0 Å². The van der Waals surface area contributed by atoms with Crippen LogP contribution >= 0.6 is 46.1 Å². The fraction of sp³-hybridized carbons (Fsp3) is 0.474. The Balaban J connectivity index is 0.000000968. The van der Waals surface area contributed by atoms with E-state index in [0.717, 1.165) is 29.9 Å². The highest BCUT2D eigenvalue weighted by atomic mass is 35.5. The number of anilines is 2. The Morgan fingerprint density at radius 2 is 1.94 bits per heavy atom. The molecule has 4 atom stereocenters. The van der Waals surface area contributed by atoms with Crippen molar-refractivity contribution in [3.8, 4) is 0 Å². The van der Waals surface area contributed by atoms with Crippen molar-refractivity contribution in [3.63, 3.8) is 0 Å². The minimum Gasteiger partial charge on any atom is -0.483 e. The molecular weight excluding hydrogens is 538 g/mol. The number of carbonyl (C=O) groups is 1. The Morgan fingerprint density at radius 3 is 2.52 bits per heavy atom. The number of alkyl halides is 2. The maximum absolute atomic E-state index is 14.8. The third-order valence-electron chi connectivity index (χ3n) is 5.80. The van der Waals surface area contributed by atoms with Gasteiger partial charge in [0.15, 0.2) is 5.13 Å². The first-order chi connectivity index (χ1) is 15.4. The number of carboxylic acid groups (broad SMARTS) is 1. The fourth-order valence-electron chi connectivity index (χ4n) is 4.17. The van der Waals surface area contributed by atoms with Gasteiger partial charge in [0, 0.05) is 23.7 Å². The van der Waals surface area contributed by atoms with Crippen LogP contribution in [0.2, 0.25) is 5.02 Å². The topological polar surface area (TPSA) is 112 Å². The van der Waals surface area contributed by atoms with E-state index in [1.54, 1.807) is 5.38 Å². The van der Waals surface area contributed by atoms with Gasteiger partial charge in [0.25, 0.3) is 16.5 Å². The first-order valence-corrected chi connectivity index (χ1v) is 13.2. The molecule has 1 heterocycles. The van der Waals surface area contributed by atoms with Gasteiger partial charge in [0.05, 0.1) is 10.7 Å². The summed E-state index contributed by atoms with van der Waals surface area (Å²) in [6.07, 6.45) is 2.97. The van der Waals surface area contributed by atoms with Crippen molar-refractivity contribution >= 4 is 73.5 Å². The molecule has 2 aromatic rings. The van der Waals surface area contributed by atoms with E-state index in [0.29, 0.717) is 12.1 Å². The molecule has 1 aromatic heterocycles. The molecule has 0 amide bonds. The van der Waals surface area contributed by atoms with Gasteiger partial charge in [-0.25, -0.2) is 17.8 Å². The summed E-state index contributed by atoms with van der Waals surface area (Å²) in [5, 5.41) is 12.0. The summed E-state index contributed by atoms with van der Waals surface area (Å²) in [6.45, 7) is -0.250. The summed E-state index contributed by atoms with van der Waals surface area (Å²) in [7, 11) is -0.227. The van der Waals surface area contributed by atoms with Crippen LogP contribution in [0.3, 0.4) is 0 Å². The number of hydrogen-bond donors (Lipinski definition) is 3. The van der Waals surface area contributed by atoms with Crippen molar-refractivity contribution in [2.75, 3.05) is 24.1 Å². The highest BCUT2D eigenvalue weighted by Crippen LogP contribution is 2.65. The Hall–Kier alpha value is -1.37. The number of fused-ring (bicyclic) bond motifs is 1. The van der Waals surface area contributed by atoms with Crippen LogP contribution in [0.4, 0.5) is 15.2 Å². The van der Waals surface area contributed by atoms with Gasteiger partial charge >= 0.3 is 0 Å². The van der Waals surface area contributed by atoms with Crippen LogP contribution in [0.5, 0.6) is 0 Å². The first kappa shape index (κ1) is 26.2. The Morgan fingerprint density at radius 1 is 1.30 bits per heavy atom. The van der Waals surface area contributed by atoms with Crippen LogP contribution < -0.4 is 10.0 Å². The van der Waals surface area contributed by atoms with Gasteiger partial charge < -0.3 is 15.3 Å². The average Bonchev–Trinajstić information content (AvgIpc) is 3.04. The van der Waals surface area contributed by atoms with Gasteiger partial charge in [0.2, 0.25) is 0 Å². The Kier molecular flexibility index (Phi) is 8.02. The van der Waals surface area contributed by atoms with Crippen molar-refractivity contribution in [1.82, 2.24) is 9.88 Å². The molecule has 33 heavy (non-hydrogen) atoms. The molecule has 2 aliphatic rings. The molecule has 0 aliphatic heterocycles. The van der Waals surface area contributed by atoms with Gasteiger partial charge in [0.1, 0.15) is 15.0 Å². The number of benzene rings is 1. The summed E-state index contributed by atoms with van der Waals surface area (Å²) in [6, 6.07) is 2.28. The quantitative estimate of drug-likeness (QED) is 0.356. The van der Waals surface area contributed by atoms with E-state index in [-0.39, 0.29) is 40.5 Å². The number of thiazole rings is 1. The van der Waals surface area contributed by atoms with Gasteiger partial charge in [-0.05, 0) is 50.9 Å². The molecule has 3 N–H and O–H groups in total. The van der Waals surface area contributed by atoms with Gasteiger partial charge in [-0.2, -0.15) is 0 Å². The standard InChI is InChI=1S/C18H20Cl3FN4O2S2.CH2O2/c1-26(2)15-6-10-9(18(10,20)21)5-14(15)24-13-8-12(22)16(7-11(13)19)30(27,28)25-17-23-3-4-29-17;2-1-3/h3-4,7-10,14-15,24H,5-6H2,1-2H3,(H,23,25);1H,(H,2,3)/t9-,10+,14-,15-;/m0./s1. The average molecular weight is 560 g/mol. The number of halogens is 4. The molecule has 1 aromatic carbocycles. The largest absolute Gasteiger partial charge is 0.483 e. The van der Waals surface area contributed by atoms with E-state index in [2.05, 4.69) is 19.9 Å². The lowest BCUT2D eigenvalue weighted by Gasteiger charge is -2.36. The smallest absolute Gasteiger partial charge is 0.290 e. The summed E-state index contributed by atoms with van der Waals surface area (Å²) >= 11 is 20.2. The second kappa shape index (κ2) is 10.1. The highest BCUT2D eigenvalue weighted by molar-refractivity contribution is 7.93. The molecule has 0 bridgehead atoms. The molecule has 0 spiro atoms. The van der Waals surface area contributed by atoms with E-state index < -0.39 is 25.1 Å². The second-order valence-electron chi connectivity index (χ2n) is 7.95. The van der Waals surface area contributed by atoms with E-state index in [1.165, 1.54) is 6.20 Å². The summed E-state index contributed by atoms with van der Waals surface area (Å²) < 4.78 is 41.4. The predicted molar refractivity (Wildman–Crippen MR) is 129 cm³/mol. The Bertz CT molecular complexity index is 1100. The van der Waals surface area contributed by atoms with Crippen LogP contribution in [0.1, 0.15) is 12.8 Å². The van der Waals surface area contributed by atoms with Crippen molar-refractivity contribution in [2.24, 2.45) is 11.8 Å². The van der Waals surface area contributed by atoms with Gasteiger partial charge in [-0.15, -0.1) is 34.5 Å². The summed E-state index contributed by atoms with van der Waals surface area (Å²) in [5.41, 5.74) is 0.327. The molecule has 14 heteroatoms.